The molecule has 122 valence electrons. The van der Waals surface area contributed by atoms with E-state index in [1.54, 1.807) is 24.6 Å². The molecule has 0 aliphatic rings. The molecule has 0 saturated heterocycles. The second kappa shape index (κ2) is 4.73. The number of imidazole rings is 1. The number of aromatic nitrogens is 7. The second-order valence-electron chi connectivity index (χ2n) is 5.90. The molecule has 0 saturated carbocycles. The van der Waals surface area contributed by atoms with E-state index in [-0.39, 0.29) is 5.56 Å². The molecule has 1 N–H and O–H groups in total. The van der Waals surface area contributed by atoms with Crippen LogP contribution in [0.15, 0.2) is 41.3 Å². The van der Waals surface area contributed by atoms with Gasteiger partial charge in [-0.3, -0.25) is 9.36 Å². The molecular weight excluding hydrogens is 318 g/mol. The largest absolute Gasteiger partial charge is 0.323 e. The Hall–Kier alpha value is -3.55. The number of para-hydroxylation sites is 2. The number of hydrogen-bond acceptors (Lipinski definition) is 5. The van der Waals surface area contributed by atoms with Crippen LogP contribution < -0.4 is 5.56 Å². The lowest BCUT2D eigenvalue weighted by atomic mass is 10.2. The molecular formula is C17H13N7O. The van der Waals surface area contributed by atoms with Crippen LogP contribution in [0.3, 0.4) is 0 Å². The molecule has 0 aliphatic carbocycles. The fourth-order valence-electron chi connectivity index (χ4n) is 3.11. The standard InChI is InChI=1S/C17H13N7O/c1-9-14-13(24-17(18-9)19-10(2)22-24)7-8-23(15(14)25)16-20-11-5-3-4-6-12(11)21-16/h3-8H,1-2H3,(H,20,21). The maximum absolute atomic E-state index is 13.1. The number of rotatable bonds is 1. The molecule has 4 aromatic heterocycles. The van der Waals surface area contributed by atoms with Crippen molar-refractivity contribution in [1.82, 2.24) is 34.1 Å². The number of benzene rings is 1. The average molecular weight is 331 g/mol. The van der Waals surface area contributed by atoms with E-state index in [4.69, 9.17) is 0 Å². The first-order chi connectivity index (χ1) is 12.1. The summed E-state index contributed by atoms with van der Waals surface area (Å²) in [6.45, 7) is 3.60. The zero-order valence-electron chi connectivity index (χ0n) is 13.6. The van der Waals surface area contributed by atoms with E-state index in [0.29, 0.717) is 34.1 Å². The number of pyridine rings is 1. The molecule has 8 heteroatoms. The molecule has 0 spiro atoms. The van der Waals surface area contributed by atoms with Crippen LogP contribution in [0.25, 0.3) is 33.7 Å². The van der Waals surface area contributed by atoms with Crippen molar-refractivity contribution in [3.05, 3.63) is 58.4 Å². The number of aryl methyl sites for hydroxylation is 2. The van der Waals surface area contributed by atoms with Crippen molar-refractivity contribution in [3.8, 4) is 5.95 Å². The molecule has 0 aliphatic heterocycles. The van der Waals surface area contributed by atoms with Crippen molar-refractivity contribution >= 4 is 27.7 Å². The van der Waals surface area contributed by atoms with Gasteiger partial charge < -0.3 is 4.98 Å². The number of nitrogens with one attached hydrogen (secondary N) is 1. The predicted molar refractivity (Wildman–Crippen MR) is 93.0 cm³/mol. The first-order valence-electron chi connectivity index (χ1n) is 7.82. The van der Waals surface area contributed by atoms with Gasteiger partial charge in [0.2, 0.25) is 5.95 Å². The van der Waals surface area contributed by atoms with Gasteiger partial charge in [-0.2, -0.15) is 9.50 Å². The summed E-state index contributed by atoms with van der Waals surface area (Å²) in [5.74, 6) is 1.58. The van der Waals surface area contributed by atoms with Crippen molar-refractivity contribution in [3.63, 3.8) is 0 Å². The second-order valence-corrected chi connectivity index (χ2v) is 5.90. The molecule has 0 radical (unpaired) electrons. The van der Waals surface area contributed by atoms with Crippen LogP contribution in [0.4, 0.5) is 0 Å². The van der Waals surface area contributed by atoms with E-state index in [9.17, 15) is 4.79 Å². The van der Waals surface area contributed by atoms with Crippen LogP contribution in [0.1, 0.15) is 11.5 Å². The van der Waals surface area contributed by atoms with Crippen LogP contribution >= 0.6 is 0 Å². The van der Waals surface area contributed by atoms with E-state index >= 15 is 0 Å². The number of H-pyrrole nitrogens is 1. The van der Waals surface area contributed by atoms with Crippen molar-refractivity contribution in [2.75, 3.05) is 0 Å². The van der Waals surface area contributed by atoms with Gasteiger partial charge in [-0.15, -0.1) is 5.10 Å². The minimum absolute atomic E-state index is 0.198. The van der Waals surface area contributed by atoms with Gasteiger partial charge in [-0.25, -0.2) is 9.97 Å². The molecule has 0 unspecified atom stereocenters. The van der Waals surface area contributed by atoms with Crippen LogP contribution in [0, 0.1) is 13.8 Å². The summed E-state index contributed by atoms with van der Waals surface area (Å²) in [7, 11) is 0. The lowest BCUT2D eigenvalue weighted by molar-refractivity contribution is 0.907. The number of fused-ring (bicyclic) bond motifs is 4. The number of hydrogen-bond donors (Lipinski definition) is 1. The number of nitrogens with zero attached hydrogens (tertiary/aromatic N) is 6. The van der Waals surface area contributed by atoms with E-state index in [2.05, 4.69) is 25.0 Å². The van der Waals surface area contributed by atoms with Crippen LogP contribution in [-0.4, -0.2) is 34.1 Å². The normalized spacial score (nSPS) is 11.8. The molecule has 1 aromatic carbocycles. The predicted octanol–water partition coefficient (Wildman–Crippen LogP) is 1.92. The molecule has 0 fully saturated rings. The Kier molecular flexibility index (Phi) is 2.62. The Labute approximate surface area is 140 Å². The minimum Gasteiger partial charge on any atom is -0.323 e. The van der Waals surface area contributed by atoms with E-state index in [0.717, 1.165) is 11.0 Å². The first kappa shape index (κ1) is 13.8. The van der Waals surface area contributed by atoms with E-state index in [1.165, 1.54) is 4.57 Å². The zero-order valence-corrected chi connectivity index (χ0v) is 13.6. The third kappa shape index (κ3) is 1.90. The summed E-state index contributed by atoms with van der Waals surface area (Å²) in [5.41, 5.74) is 2.78. The molecule has 0 amide bonds. The van der Waals surface area contributed by atoms with Gasteiger partial charge >= 0.3 is 0 Å². The highest BCUT2D eigenvalue weighted by molar-refractivity contribution is 5.82. The first-order valence-corrected chi connectivity index (χ1v) is 7.82. The van der Waals surface area contributed by atoms with Gasteiger partial charge in [0.15, 0.2) is 0 Å². The smallest absolute Gasteiger partial charge is 0.268 e. The van der Waals surface area contributed by atoms with Gasteiger partial charge in [0.05, 0.1) is 27.6 Å². The molecule has 5 aromatic rings. The minimum atomic E-state index is -0.198. The Morgan fingerprint density at radius 2 is 1.88 bits per heavy atom. The molecule has 8 nitrogen and oxygen atoms in total. The number of aromatic amines is 1. The highest BCUT2D eigenvalue weighted by Gasteiger charge is 2.15. The van der Waals surface area contributed by atoms with Gasteiger partial charge in [0, 0.05) is 6.20 Å². The maximum Gasteiger partial charge on any atom is 0.268 e. The van der Waals surface area contributed by atoms with Crippen molar-refractivity contribution in [2.45, 2.75) is 13.8 Å². The van der Waals surface area contributed by atoms with Crippen molar-refractivity contribution < 1.29 is 0 Å². The van der Waals surface area contributed by atoms with Gasteiger partial charge in [0.1, 0.15) is 5.82 Å². The summed E-state index contributed by atoms with van der Waals surface area (Å²) in [5, 5.41) is 4.83. The zero-order chi connectivity index (χ0) is 17.1. The lowest BCUT2D eigenvalue weighted by Crippen LogP contribution is -2.21. The van der Waals surface area contributed by atoms with Gasteiger partial charge in [-0.1, -0.05) is 12.1 Å². The molecule has 4 heterocycles. The van der Waals surface area contributed by atoms with Gasteiger partial charge in [0.25, 0.3) is 11.3 Å². The van der Waals surface area contributed by atoms with Crippen LogP contribution in [0.5, 0.6) is 0 Å². The molecule has 0 bridgehead atoms. The SMILES string of the molecule is Cc1nc2nc(C)c3c(=O)n(-c4nc5ccccc5[nH]4)ccc3n2n1. The van der Waals surface area contributed by atoms with Gasteiger partial charge in [-0.05, 0) is 32.0 Å². The van der Waals surface area contributed by atoms with E-state index < -0.39 is 0 Å². The Morgan fingerprint density at radius 1 is 1.04 bits per heavy atom. The topological polar surface area (TPSA) is 93.8 Å². The monoisotopic (exact) mass is 331 g/mol. The fourth-order valence-corrected chi connectivity index (χ4v) is 3.11. The summed E-state index contributed by atoms with van der Waals surface area (Å²) in [6.07, 6.45) is 1.69. The highest BCUT2D eigenvalue weighted by Crippen LogP contribution is 2.17. The summed E-state index contributed by atoms with van der Waals surface area (Å²) < 4.78 is 3.09. The maximum atomic E-state index is 13.1. The molecule has 5 rings (SSSR count). The lowest BCUT2D eigenvalue weighted by Gasteiger charge is -2.06. The van der Waals surface area contributed by atoms with Crippen molar-refractivity contribution in [1.29, 1.82) is 0 Å². The third-order valence-corrected chi connectivity index (χ3v) is 4.23. The highest BCUT2D eigenvalue weighted by atomic mass is 16.1. The fraction of sp³-hybridized carbons (Fsp3) is 0.118. The van der Waals surface area contributed by atoms with E-state index in [1.807, 2.05) is 30.3 Å². The molecule has 25 heavy (non-hydrogen) atoms. The quantitative estimate of drug-likeness (QED) is 0.506. The van der Waals surface area contributed by atoms with Crippen LogP contribution in [-0.2, 0) is 0 Å². The molecule has 0 atom stereocenters. The van der Waals surface area contributed by atoms with Crippen LogP contribution in [0.2, 0.25) is 0 Å². The Balaban J connectivity index is 1.86. The summed E-state index contributed by atoms with van der Waals surface area (Å²) in [6, 6.07) is 9.49. The third-order valence-electron chi connectivity index (χ3n) is 4.23. The summed E-state index contributed by atoms with van der Waals surface area (Å²) >= 11 is 0. The summed E-state index contributed by atoms with van der Waals surface area (Å²) in [4.78, 5) is 29.4. The Morgan fingerprint density at radius 3 is 2.72 bits per heavy atom. The van der Waals surface area contributed by atoms with Crippen molar-refractivity contribution in [2.24, 2.45) is 0 Å². The average Bonchev–Trinajstić information content (AvgIpc) is 3.17. The Bertz CT molecular complexity index is 1310.